The maximum Gasteiger partial charge on any atom is 0.264 e. The number of carbonyl (C=O) groups excluding carboxylic acids is 2. The molecule has 0 saturated carbocycles. The highest BCUT2D eigenvalue weighted by Crippen LogP contribution is 2.29. The van der Waals surface area contributed by atoms with Crippen LogP contribution in [-0.4, -0.2) is 29.3 Å². The summed E-state index contributed by atoms with van der Waals surface area (Å²) < 4.78 is 5.90. The van der Waals surface area contributed by atoms with Gasteiger partial charge < -0.3 is 14.6 Å². The van der Waals surface area contributed by atoms with E-state index in [0.717, 1.165) is 28.7 Å². The van der Waals surface area contributed by atoms with E-state index >= 15 is 0 Å². The van der Waals surface area contributed by atoms with Gasteiger partial charge >= 0.3 is 0 Å². The summed E-state index contributed by atoms with van der Waals surface area (Å²) in [5, 5.41) is 5.89. The number of nitrogens with one attached hydrogen (secondary N) is 1. The average molecular weight is 417 g/mol. The second-order valence-corrected chi connectivity index (χ2v) is 8.30. The van der Waals surface area contributed by atoms with E-state index in [1.807, 2.05) is 66.0 Å². The van der Waals surface area contributed by atoms with E-state index in [-0.39, 0.29) is 11.8 Å². The molecule has 3 heterocycles. The Hall–Kier alpha value is -3.38. The summed E-state index contributed by atoms with van der Waals surface area (Å²) in [6.07, 6.45) is 1.51. The van der Waals surface area contributed by atoms with Crippen LogP contribution in [0.3, 0.4) is 0 Å². The van der Waals surface area contributed by atoms with Crippen LogP contribution in [0.4, 0.5) is 5.69 Å². The van der Waals surface area contributed by atoms with Gasteiger partial charge in [0.2, 0.25) is 5.91 Å². The number of hydrogen-bond acceptors (Lipinski definition) is 4. The fourth-order valence-corrected chi connectivity index (χ4v) is 4.57. The molecule has 2 aromatic carbocycles. The first kappa shape index (κ1) is 18.6. The number of thiophene rings is 1. The molecule has 1 N–H and O–H groups in total. The number of rotatable bonds is 4. The molecule has 0 aliphatic carbocycles. The van der Waals surface area contributed by atoms with E-state index in [2.05, 4.69) is 5.32 Å². The first-order valence-electron chi connectivity index (χ1n) is 9.93. The van der Waals surface area contributed by atoms with Crippen LogP contribution in [0.25, 0.3) is 22.3 Å². The number of likely N-dealkylation sites (tertiary alicyclic amines) is 1. The minimum Gasteiger partial charge on any atom is -0.456 e. The maximum absolute atomic E-state index is 12.9. The molecule has 0 radical (unpaired) electrons. The van der Waals surface area contributed by atoms with Gasteiger partial charge in [-0.1, -0.05) is 24.3 Å². The zero-order valence-electron chi connectivity index (χ0n) is 16.2. The predicted molar refractivity (Wildman–Crippen MR) is 119 cm³/mol. The topological polar surface area (TPSA) is 62.6 Å². The van der Waals surface area contributed by atoms with Gasteiger partial charge in [-0.2, -0.15) is 0 Å². The molecular weight excluding hydrogens is 396 g/mol. The summed E-state index contributed by atoms with van der Waals surface area (Å²) in [4.78, 5) is 27.9. The van der Waals surface area contributed by atoms with Crippen LogP contribution < -0.4 is 5.32 Å². The van der Waals surface area contributed by atoms with Crippen molar-refractivity contribution in [1.82, 2.24) is 4.90 Å². The number of para-hydroxylation sites is 1. The number of fused-ring (bicyclic) bond motifs is 1. The van der Waals surface area contributed by atoms with Crippen LogP contribution in [0.15, 0.2) is 76.5 Å². The van der Waals surface area contributed by atoms with Crippen LogP contribution in [-0.2, 0) is 4.79 Å². The number of amides is 2. The molecule has 30 heavy (non-hydrogen) atoms. The average Bonchev–Trinajstić information content (AvgIpc) is 3.54. The number of nitrogens with zero attached hydrogens (tertiary/aromatic N) is 1. The molecule has 1 aliphatic heterocycles. The third-order valence-electron chi connectivity index (χ3n) is 5.41. The van der Waals surface area contributed by atoms with Gasteiger partial charge in [0.15, 0.2) is 0 Å². The third-order valence-corrected chi connectivity index (χ3v) is 6.27. The van der Waals surface area contributed by atoms with Crippen molar-refractivity contribution < 1.29 is 14.0 Å². The summed E-state index contributed by atoms with van der Waals surface area (Å²) in [6.45, 7) is 0.611. The summed E-state index contributed by atoms with van der Waals surface area (Å²) >= 11 is 1.40. The Morgan fingerprint density at radius 1 is 1.03 bits per heavy atom. The molecule has 1 fully saturated rings. The number of hydrogen-bond donors (Lipinski definition) is 1. The van der Waals surface area contributed by atoms with Crippen molar-refractivity contribution in [3.8, 4) is 11.3 Å². The van der Waals surface area contributed by atoms with E-state index in [9.17, 15) is 9.59 Å². The molecule has 0 bridgehead atoms. The predicted octanol–water partition coefficient (Wildman–Crippen LogP) is 5.40. The third kappa shape index (κ3) is 3.50. The summed E-state index contributed by atoms with van der Waals surface area (Å²) in [7, 11) is 0. The fraction of sp³-hybridized carbons (Fsp3) is 0.167. The molecule has 2 amide bonds. The zero-order valence-corrected chi connectivity index (χ0v) is 17.0. The molecule has 0 spiro atoms. The molecule has 4 aromatic rings. The van der Waals surface area contributed by atoms with Crippen molar-refractivity contribution in [2.45, 2.75) is 18.9 Å². The van der Waals surface area contributed by atoms with Gasteiger partial charge in [0, 0.05) is 23.2 Å². The minimum absolute atomic E-state index is 0.0668. The molecule has 2 aromatic heterocycles. The van der Waals surface area contributed by atoms with Gasteiger partial charge in [0.1, 0.15) is 17.4 Å². The number of carbonyl (C=O) groups is 2. The molecule has 5 rings (SSSR count). The van der Waals surface area contributed by atoms with Gasteiger partial charge in [-0.15, -0.1) is 11.3 Å². The lowest BCUT2D eigenvalue weighted by atomic mass is 10.1. The number of benzene rings is 2. The molecule has 1 saturated heterocycles. The van der Waals surface area contributed by atoms with Crippen molar-refractivity contribution in [3.63, 3.8) is 0 Å². The molecule has 150 valence electrons. The minimum atomic E-state index is -0.436. The Kier molecular flexibility index (Phi) is 4.85. The highest BCUT2D eigenvalue weighted by atomic mass is 32.1. The van der Waals surface area contributed by atoms with E-state index in [1.54, 1.807) is 11.0 Å². The Morgan fingerprint density at radius 3 is 2.63 bits per heavy atom. The normalized spacial score (nSPS) is 16.1. The summed E-state index contributed by atoms with van der Waals surface area (Å²) in [5.74, 6) is 0.578. The standard InChI is InChI=1S/C24H20N2O3S/c27-23(19-6-3-13-26(19)24(28)22-8-4-14-30-22)25-18-11-9-16(10-12-18)21-15-17-5-1-2-7-20(17)29-21/h1-2,4-5,7-12,14-15,19H,3,6,13H2,(H,25,27)/t19-/m0/s1. The highest BCUT2D eigenvalue weighted by Gasteiger charge is 2.34. The Labute approximate surface area is 177 Å². The zero-order chi connectivity index (χ0) is 20.5. The maximum atomic E-state index is 12.9. The lowest BCUT2D eigenvalue weighted by Gasteiger charge is -2.23. The molecule has 1 aliphatic rings. The van der Waals surface area contributed by atoms with Crippen molar-refractivity contribution in [2.75, 3.05) is 11.9 Å². The Bertz CT molecular complexity index is 1160. The van der Waals surface area contributed by atoms with Crippen LogP contribution in [0.2, 0.25) is 0 Å². The van der Waals surface area contributed by atoms with E-state index in [1.165, 1.54) is 11.3 Å². The Balaban J connectivity index is 1.29. The van der Waals surface area contributed by atoms with Crippen molar-refractivity contribution in [2.24, 2.45) is 0 Å². The summed E-state index contributed by atoms with van der Waals surface area (Å²) in [5.41, 5.74) is 2.50. The lowest BCUT2D eigenvalue weighted by molar-refractivity contribution is -0.119. The largest absolute Gasteiger partial charge is 0.456 e. The van der Waals surface area contributed by atoms with Gasteiger partial charge in [-0.05, 0) is 60.7 Å². The molecular formula is C24H20N2O3S. The van der Waals surface area contributed by atoms with Gasteiger partial charge in [0.25, 0.3) is 5.91 Å². The monoisotopic (exact) mass is 416 g/mol. The van der Waals surface area contributed by atoms with Crippen LogP contribution >= 0.6 is 11.3 Å². The van der Waals surface area contributed by atoms with Crippen LogP contribution in [0.1, 0.15) is 22.5 Å². The lowest BCUT2D eigenvalue weighted by Crippen LogP contribution is -2.42. The first-order chi connectivity index (χ1) is 14.7. The van der Waals surface area contributed by atoms with Crippen molar-refractivity contribution >= 4 is 39.8 Å². The smallest absolute Gasteiger partial charge is 0.264 e. The molecule has 1 atom stereocenters. The molecule has 6 heteroatoms. The highest BCUT2D eigenvalue weighted by molar-refractivity contribution is 7.12. The van der Waals surface area contributed by atoms with Crippen LogP contribution in [0.5, 0.6) is 0 Å². The van der Waals surface area contributed by atoms with E-state index in [0.29, 0.717) is 23.5 Å². The second kappa shape index (κ2) is 7.80. The van der Waals surface area contributed by atoms with Crippen molar-refractivity contribution in [3.05, 3.63) is 77.0 Å². The van der Waals surface area contributed by atoms with E-state index < -0.39 is 6.04 Å². The number of anilines is 1. The first-order valence-corrected chi connectivity index (χ1v) is 10.8. The molecule has 5 nitrogen and oxygen atoms in total. The summed E-state index contributed by atoms with van der Waals surface area (Å²) in [6, 6.07) is 20.7. The van der Waals surface area contributed by atoms with Gasteiger partial charge in [-0.3, -0.25) is 9.59 Å². The van der Waals surface area contributed by atoms with Crippen LogP contribution in [0, 0.1) is 0 Å². The van der Waals surface area contributed by atoms with Crippen molar-refractivity contribution in [1.29, 1.82) is 0 Å². The SMILES string of the molecule is O=C(Nc1ccc(-c2cc3ccccc3o2)cc1)[C@@H]1CCCN1C(=O)c1cccs1. The number of furan rings is 1. The van der Waals surface area contributed by atoms with Gasteiger partial charge in [0.05, 0.1) is 4.88 Å². The Morgan fingerprint density at radius 2 is 1.87 bits per heavy atom. The quantitative estimate of drug-likeness (QED) is 0.484. The molecule has 0 unspecified atom stereocenters. The van der Waals surface area contributed by atoms with E-state index in [4.69, 9.17) is 4.42 Å². The fourth-order valence-electron chi connectivity index (χ4n) is 3.89. The second-order valence-electron chi connectivity index (χ2n) is 7.35. The van der Waals surface area contributed by atoms with Gasteiger partial charge in [-0.25, -0.2) is 0 Å².